The molecule has 3 aromatic rings. The molecule has 0 saturated carbocycles. The van der Waals surface area contributed by atoms with Crippen LogP contribution in [0.1, 0.15) is 10.7 Å². The maximum absolute atomic E-state index is 13.0. The first-order valence-electron chi connectivity index (χ1n) is 8.39. The van der Waals surface area contributed by atoms with Crippen LogP contribution in [0, 0.1) is 5.82 Å². The fourth-order valence-corrected chi connectivity index (χ4v) is 2.97. The Kier molecular flexibility index (Phi) is 4.35. The Morgan fingerprint density at radius 1 is 0.962 bits per heavy atom. The minimum atomic E-state index is -0.343. The second-order valence-corrected chi connectivity index (χ2v) is 6.04. The first-order chi connectivity index (χ1) is 12.7. The zero-order valence-corrected chi connectivity index (χ0v) is 14.0. The smallest absolute Gasteiger partial charge is 0.316 e. The molecule has 0 radical (unpaired) electrons. The van der Waals surface area contributed by atoms with Gasteiger partial charge in [-0.2, -0.15) is 4.98 Å². The van der Waals surface area contributed by atoms with Gasteiger partial charge in [-0.1, -0.05) is 23.4 Å². The van der Waals surface area contributed by atoms with E-state index in [1.54, 1.807) is 17.0 Å². The second-order valence-electron chi connectivity index (χ2n) is 6.04. The lowest BCUT2D eigenvalue weighted by Crippen LogP contribution is -2.48. The Hall–Kier alpha value is -3.22. The monoisotopic (exact) mass is 352 g/mol. The van der Waals surface area contributed by atoms with E-state index in [9.17, 15) is 9.18 Å². The molecule has 0 atom stereocenters. The summed E-state index contributed by atoms with van der Waals surface area (Å²) in [5, 5.41) is 3.83. The summed E-state index contributed by atoms with van der Waals surface area (Å²) in [5.41, 5.74) is 1.75. The van der Waals surface area contributed by atoms with Gasteiger partial charge in [-0.15, -0.1) is 0 Å². The fraction of sp³-hybridized carbons (Fsp3) is 0.211. The van der Waals surface area contributed by atoms with Gasteiger partial charge in [0.25, 0.3) is 0 Å². The lowest BCUT2D eigenvalue weighted by atomic mass is 10.2. The van der Waals surface area contributed by atoms with Crippen LogP contribution >= 0.6 is 0 Å². The Balaban J connectivity index is 1.42. The quantitative estimate of drug-likeness (QED) is 0.725. The van der Waals surface area contributed by atoms with Crippen LogP contribution < -0.4 is 4.90 Å². The Morgan fingerprint density at radius 2 is 1.65 bits per heavy atom. The lowest BCUT2D eigenvalue weighted by molar-refractivity contribution is 0.0696. The molecule has 2 heterocycles. The van der Waals surface area contributed by atoms with Crippen LogP contribution in [0.5, 0.6) is 0 Å². The normalized spacial score (nSPS) is 14.5. The molecule has 1 fully saturated rings. The molecule has 26 heavy (non-hydrogen) atoms. The lowest BCUT2D eigenvalue weighted by Gasteiger charge is -2.35. The summed E-state index contributed by atoms with van der Waals surface area (Å²) in [6, 6.07) is 15.8. The van der Waals surface area contributed by atoms with Gasteiger partial charge in [-0.3, -0.25) is 4.79 Å². The minimum Gasteiger partial charge on any atom is -0.368 e. The van der Waals surface area contributed by atoms with Gasteiger partial charge in [0.05, 0.1) is 0 Å². The highest BCUT2D eigenvalue weighted by molar-refractivity contribution is 5.90. The summed E-state index contributed by atoms with van der Waals surface area (Å²) >= 11 is 0. The van der Waals surface area contributed by atoms with E-state index in [1.807, 2.05) is 18.2 Å². The maximum atomic E-state index is 13.0. The SMILES string of the molecule is O=C(c1nc(-c2ccc(F)cc2)no1)N1CCN(c2ccccc2)CC1. The first-order valence-corrected chi connectivity index (χ1v) is 8.39. The maximum Gasteiger partial charge on any atom is 0.316 e. The number of halogens is 1. The number of hydrogen-bond acceptors (Lipinski definition) is 5. The van der Waals surface area contributed by atoms with Crippen LogP contribution in [-0.4, -0.2) is 47.1 Å². The predicted octanol–water partition coefficient (Wildman–Crippen LogP) is 2.84. The van der Waals surface area contributed by atoms with Crippen molar-refractivity contribution < 1.29 is 13.7 Å². The summed E-state index contributed by atoms with van der Waals surface area (Å²) in [7, 11) is 0. The van der Waals surface area contributed by atoms with E-state index in [0.717, 1.165) is 18.8 Å². The minimum absolute atomic E-state index is 0.0440. The average Bonchev–Trinajstić information content (AvgIpc) is 3.19. The summed E-state index contributed by atoms with van der Waals surface area (Å²) in [6.07, 6.45) is 0. The highest BCUT2D eigenvalue weighted by Crippen LogP contribution is 2.19. The number of anilines is 1. The van der Waals surface area contributed by atoms with Crippen molar-refractivity contribution in [3.8, 4) is 11.4 Å². The molecule has 7 heteroatoms. The molecule has 0 unspecified atom stereocenters. The highest BCUT2D eigenvalue weighted by atomic mass is 19.1. The molecule has 6 nitrogen and oxygen atoms in total. The van der Waals surface area contributed by atoms with E-state index in [0.29, 0.717) is 18.7 Å². The van der Waals surface area contributed by atoms with Crippen molar-refractivity contribution in [2.45, 2.75) is 0 Å². The van der Waals surface area contributed by atoms with Crippen molar-refractivity contribution in [1.82, 2.24) is 15.0 Å². The summed E-state index contributed by atoms with van der Waals surface area (Å²) < 4.78 is 18.1. The zero-order chi connectivity index (χ0) is 17.9. The molecule has 1 aromatic heterocycles. The number of rotatable bonds is 3. The third-order valence-electron chi connectivity index (χ3n) is 4.40. The van der Waals surface area contributed by atoms with E-state index < -0.39 is 0 Å². The third-order valence-corrected chi connectivity index (χ3v) is 4.40. The highest BCUT2D eigenvalue weighted by Gasteiger charge is 2.26. The number of hydrogen-bond donors (Lipinski definition) is 0. The second kappa shape index (κ2) is 6.95. The van der Waals surface area contributed by atoms with Crippen molar-refractivity contribution in [2.75, 3.05) is 31.1 Å². The van der Waals surface area contributed by atoms with Gasteiger partial charge in [-0.25, -0.2) is 4.39 Å². The van der Waals surface area contributed by atoms with Crippen molar-refractivity contribution in [2.24, 2.45) is 0 Å². The fourth-order valence-electron chi connectivity index (χ4n) is 2.97. The van der Waals surface area contributed by atoms with Crippen molar-refractivity contribution in [3.05, 3.63) is 66.3 Å². The molecule has 132 valence electrons. The molecule has 1 aliphatic rings. The van der Waals surface area contributed by atoms with E-state index in [4.69, 9.17) is 4.52 Å². The topological polar surface area (TPSA) is 62.5 Å². The Bertz CT molecular complexity index is 887. The van der Waals surface area contributed by atoms with Crippen LogP contribution in [-0.2, 0) is 0 Å². The average molecular weight is 352 g/mol. The van der Waals surface area contributed by atoms with Gasteiger partial charge in [0.15, 0.2) is 0 Å². The van der Waals surface area contributed by atoms with Crippen molar-refractivity contribution in [3.63, 3.8) is 0 Å². The Labute approximate surface area is 149 Å². The number of carbonyl (C=O) groups excluding carboxylic acids is 1. The number of amides is 1. The van der Waals surface area contributed by atoms with Crippen LogP contribution in [0.3, 0.4) is 0 Å². The zero-order valence-electron chi connectivity index (χ0n) is 14.0. The van der Waals surface area contributed by atoms with Crippen LogP contribution in [0.25, 0.3) is 11.4 Å². The van der Waals surface area contributed by atoms with Gasteiger partial charge in [-0.05, 0) is 36.4 Å². The van der Waals surface area contributed by atoms with E-state index >= 15 is 0 Å². The molecule has 0 N–H and O–H groups in total. The summed E-state index contributed by atoms with van der Waals surface area (Å²) in [6.45, 7) is 2.66. The Morgan fingerprint density at radius 3 is 2.35 bits per heavy atom. The molecular formula is C19H17FN4O2. The molecule has 4 rings (SSSR count). The largest absolute Gasteiger partial charge is 0.368 e. The van der Waals surface area contributed by atoms with E-state index in [-0.39, 0.29) is 23.4 Å². The number of nitrogens with zero attached hydrogens (tertiary/aromatic N) is 4. The van der Waals surface area contributed by atoms with Crippen molar-refractivity contribution >= 4 is 11.6 Å². The molecule has 0 bridgehead atoms. The molecule has 0 aliphatic carbocycles. The molecule has 1 amide bonds. The van der Waals surface area contributed by atoms with Gasteiger partial charge >= 0.3 is 11.8 Å². The number of piperazine rings is 1. The standard InChI is InChI=1S/C19H17FN4O2/c20-15-8-6-14(7-9-15)17-21-18(26-22-17)19(25)24-12-10-23(11-13-24)16-4-2-1-3-5-16/h1-9H,10-13H2. The first kappa shape index (κ1) is 16.3. The van der Waals surface area contributed by atoms with E-state index in [2.05, 4.69) is 27.2 Å². The number of para-hydroxylation sites is 1. The number of carbonyl (C=O) groups is 1. The molecule has 2 aromatic carbocycles. The summed E-state index contributed by atoms with van der Waals surface area (Å²) in [5.74, 6) is -0.392. The van der Waals surface area contributed by atoms with Gasteiger partial charge in [0.2, 0.25) is 5.82 Å². The predicted molar refractivity (Wildman–Crippen MR) is 94.3 cm³/mol. The summed E-state index contributed by atoms with van der Waals surface area (Å²) in [4.78, 5) is 20.7. The third kappa shape index (κ3) is 3.28. The van der Waals surface area contributed by atoms with Crippen LogP contribution in [0.2, 0.25) is 0 Å². The van der Waals surface area contributed by atoms with Gasteiger partial charge in [0.1, 0.15) is 5.82 Å². The molecule has 0 spiro atoms. The number of benzene rings is 2. The van der Waals surface area contributed by atoms with Crippen molar-refractivity contribution in [1.29, 1.82) is 0 Å². The van der Waals surface area contributed by atoms with E-state index in [1.165, 1.54) is 12.1 Å². The number of aromatic nitrogens is 2. The van der Waals surface area contributed by atoms with Gasteiger partial charge in [0, 0.05) is 37.4 Å². The van der Waals surface area contributed by atoms with Crippen LogP contribution in [0.15, 0.2) is 59.1 Å². The molecular weight excluding hydrogens is 335 g/mol. The molecule has 1 saturated heterocycles. The van der Waals surface area contributed by atoms with Crippen LogP contribution in [0.4, 0.5) is 10.1 Å². The van der Waals surface area contributed by atoms with Gasteiger partial charge < -0.3 is 14.3 Å². The molecule has 1 aliphatic heterocycles.